The van der Waals surface area contributed by atoms with E-state index in [2.05, 4.69) is 18.9 Å². The standard InChI is InChI=1S/C15H20ClN3O/c1-11(2)19-9-7-13(18-19)10-20-15-12(6-8-17)4-3-5-14(15)16/h3-5,7,9,11H,6,8,10,17H2,1-2H3. The normalized spacial score (nSPS) is 11.1. The molecule has 0 atom stereocenters. The first-order valence-corrected chi connectivity index (χ1v) is 7.14. The minimum Gasteiger partial charge on any atom is -0.485 e. The van der Waals surface area contributed by atoms with E-state index in [1.807, 2.05) is 35.1 Å². The van der Waals surface area contributed by atoms with Gasteiger partial charge in [0.25, 0.3) is 0 Å². The maximum absolute atomic E-state index is 6.20. The fourth-order valence-corrected chi connectivity index (χ4v) is 2.20. The van der Waals surface area contributed by atoms with Gasteiger partial charge in [0, 0.05) is 12.2 Å². The molecule has 1 aromatic carbocycles. The summed E-state index contributed by atoms with van der Waals surface area (Å²) in [6, 6.07) is 8.02. The first-order valence-electron chi connectivity index (χ1n) is 6.76. The number of hydrogen-bond donors (Lipinski definition) is 1. The molecule has 1 heterocycles. The van der Waals surface area contributed by atoms with E-state index in [0.717, 1.165) is 17.7 Å². The SMILES string of the molecule is CC(C)n1ccc(COc2c(Cl)cccc2CCN)n1. The van der Waals surface area contributed by atoms with Crippen LogP contribution in [0, 0.1) is 0 Å². The van der Waals surface area contributed by atoms with Crippen molar-refractivity contribution >= 4 is 11.6 Å². The first-order chi connectivity index (χ1) is 9.61. The Hall–Kier alpha value is -1.52. The van der Waals surface area contributed by atoms with Crippen LogP contribution in [-0.4, -0.2) is 16.3 Å². The van der Waals surface area contributed by atoms with Crippen molar-refractivity contribution < 1.29 is 4.74 Å². The highest BCUT2D eigenvalue weighted by Crippen LogP contribution is 2.29. The number of rotatable bonds is 6. The molecule has 0 aliphatic rings. The molecule has 0 fully saturated rings. The van der Waals surface area contributed by atoms with E-state index in [0.29, 0.717) is 30.0 Å². The molecule has 108 valence electrons. The van der Waals surface area contributed by atoms with E-state index >= 15 is 0 Å². The molecule has 0 bridgehead atoms. The van der Waals surface area contributed by atoms with Crippen LogP contribution in [0.25, 0.3) is 0 Å². The lowest BCUT2D eigenvalue weighted by atomic mass is 10.1. The van der Waals surface area contributed by atoms with Crippen LogP contribution in [0.4, 0.5) is 0 Å². The molecule has 0 unspecified atom stereocenters. The monoisotopic (exact) mass is 293 g/mol. The van der Waals surface area contributed by atoms with Crippen molar-refractivity contribution in [3.8, 4) is 5.75 Å². The Morgan fingerprint density at radius 1 is 1.35 bits per heavy atom. The predicted molar refractivity (Wildman–Crippen MR) is 81.2 cm³/mol. The summed E-state index contributed by atoms with van der Waals surface area (Å²) in [6.45, 7) is 5.15. The second-order valence-electron chi connectivity index (χ2n) is 4.94. The summed E-state index contributed by atoms with van der Waals surface area (Å²) >= 11 is 6.20. The summed E-state index contributed by atoms with van der Waals surface area (Å²) in [4.78, 5) is 0. The van der Waals surface area contributed by atoms with Gasteiger partial charge in [0.15, 0.2) is 0 Å². The zero-order valence-electron chi connectivity index (χ0n) is 11.8. The molecule has 1 aromatic heterocycles. The number of benzene rings is 1. The predicted octanol–water partition coefficient (Wildman–Crippen LogP) is 3.20. The molecule has 0 saturated carbocycles. The van der Waals surface area contributed by atoms with Gasteiger partial charge in [-0.05, 0) is 44.5 Å². The Morgan fingerprint density at radius 2 is 2.15 bits per heavy atom. The lowest BCUT2D eigenvalue weighted by molar-refractivity contribution is 0.296. The Labute approximate surface area is 124 Å². The van der Waals surface area contributed by atoms with Crippen LogP contribution in [0.15, 0.2) is 30.5 Å². The van der Waals surface area contributed by atoms with E-state index in [4.69, 9.17) is 22.1 Å². The van der Waals surface area contributed by atoms with Crippen molar-refractivity contribution in [1.29, 1.82) is 0 Å². The van der Waals surface area contributed by atoms with Gasteiger partial charge in [0.2, 0.25) is 0 Å². The van der Waals surface area contributed by atoms with Gasteiger partial charge in [0.05, 0.1) is 10.7 Å². The molecule has 2 aromatic rings. The molecule has 2 N–H and O–H groups in total. The van der Waals surface area contributed by atoms with Crippen molar-refractivity contribution in [2.45, 2.75) is 32.9 Å². The minimum atomic E-state index is 0.344. The van der Waals surface area contributed by atoms with E-state index in [9.17, 15) is 0 Å². The van der Waals surface area contributed by atoms with Gasteiger partial charge in [-0.1, -0.05) is 23.7 Å². The molecular weight excluding hydrogens is 274 g/mol. The highest BCUT2D eigenvalue weighted by molar-refractivity contribution is 6.32. The number of aromatic nitrogens is 2. The summed E-state index contributed by atoms with van der Waals surface area (Å²) in [5.74, 6) is 0.707. The van der Waals surface area contributed by atoms with Crippen LogP contribution in [0.3, 0.4) is 0 Å². The van der Waals surface area contributed by atoms with Crippen molar-refractivity contribution in [2.24, 2.45) is 5.73 Å². The summed E-state index contributed by atoms with van der Waals surface area (Å²) in [5.41, 5.74) is 7.53. The molecule has 0 aliphatic heterocycles. The minimum absolute atomic E-state index is 0.344. The number of nitrogens with zero attached hydrogens (tertiary/aromatic N) is 2. The van der Waals surface area contributed by atoms with Gasteiger partial charge in [0.1, 0.15) is 12.4 Å². The average molecular weight is 294 g/mol. The maximum atomic E-state index is 6.20. The fraction of sp³-hybridized carbons (Fsp3) is 0.400. The number of nitrogens with two attached hydrogens (primary N) is 1. The summed E-state index contributed by atoms with van der Waals surface area (Å²) in [7, 11) is 0. The molecule has 5 heteroatoms. The average Bonchev–Trinajstić information content (AvgIpc) is 2.87. The van der Waals surface area contributed by atoms with Crippen molar-refractivity contribution in [2.75, 3.05) is 6.54 Å². The third-order valence-electron chi connectivity index (χ3n) is 3.02. The molecule has 4 nitrogen and oxygen atoms in total. The number of ether oxygens (including phenoxy) is 1. The lowest BCUT2D eigenvalue weighted by Gasteiger charge is -2.12. The molecule has 0 radical (unpaired) electrons. The Bertz CT molecular complexity index is 566. The molecule has 0 saturated heterocycles. The highest BCUT2D eigenvalue weighted by Gasteiger charge is 2.09. The fourth-order valence-electron chi connectivity index (χ4n) is 1.96. The van der Waals surface area contributed by atoms with E-state index in [1.54, 1.807) is 0 Å². The Kier molecular flexibility index (Phi) is 5.04. The number of para-hydroxylation sites is 1. The van der Waals surface area contributed by atoms with Gasteiger partial charge in [-0.2, -0.15) is 5.10 Å². The molecule has 0 spiro atoms. The molecule has 0 amide bonds. The van der Waals surface area contributed by atoms with Gasteiger partial charge in [-0.25, -0.2) is 0 Å². The Balaban J connectivity index is 2.09. The molecule has 2 rings (SSSR count). The molecule has 0 aliphatic carbocycles. The third kappa shape index (κ3) is 3.52. The highest BCUT2D eigenvalue weighted by atomic mass is 35.5. The smallest absolute Gasteiger partial charge is 0.141 e. The summed E-state index contributed by atoms with van der Waals surface area (Å²) in [6.07, 6.45) is 2.70. The van der Waals surface area contributed by atoms with Gasteiger partial charge < -0.3 is 10.5 Å². The van der Waals surface area contributed by atoms with Crippen LogP contribution < -0.4 is 10.5 Å². The van der Waals surface area contributed by atoms with Crippen molar-refractivity contribution in [3.63, 3.8) is 0 Å². The van der Waals surface area contributed by atoms with E-state index in [1.165, 1.54) is 0 Å². The van der Waals surface area contributed by atoms with Crippen molar-refractivity contribution in [1.82, 2.24) is 9.78 Å². The van der Waals surface area contributed by atoms with Gasteiger partial charge >= 0.3 is 0 Å². The van der Waals surface area contributed by atoms with Crippen LogP contribution in [-0.2, 0) is 13.0 Å². The lowest BCUT2D eigenvalue weighted by Crippen LogP contribution is -2.07. The largest absolute Gasteiger partial charge is 0.485 e. The van der Waals surface area contributed by atoms with Crippen LogP contribution in [0.5, 0.6) is 5.75 Å². The topological polar surface area (TPSA) is 53.1 Å². The second-order valence-corrected chi connectivity index (χ2v) is 5.34. The quantitative estimate of drug-likeness (QED) is 0.890. The number of halogens is 1. The second kappa shape index (κ2) is 6.77. The number of hydrogen-bond acceptors (Lipinski definition) is 3. The zero-order chi connectivity index (χ0) is 14.5. The third-order valence-corrected chi connectivity index (χ3v) is 3.32. The van der Waals surface area contributed by atoms with Gasteiger partial charge in [-0.3, -0.25) is 4.68 Å². The molecular formula is C15H20ClN3O. The Morgan fingerprint density at radius 3 is 2.80 bits per heavy atom. The maximum Gasteiger partial charge on any atom is 0.141 e. The summed E-state index contributed by atoms with van der Waals surface area (Å²) < 4.78 is 7.75. The van der Waals surface area contributed by atoms with Gasteiger partial charge in [-0.15, -0.1) is 0 Å². The summed E-state index contributed by atoms with van der Waals surface area (Å²) in [5, 5.41) is 5.06. The molecule has 20 heavy (non-hydrogen) atoms. The zero-order valence-corrected chi connectivity index (χ0v) is 12.6. The van der Waals surface area contributed by atoms with Crippen LogP contribution in [0.2, 0.25) is 5.02 Å². The van der Waals surface area contributed by atoms with E-state index < -0.39 is 0 Å². The van der Waals surface area contributed by atoms with Crippen LogP contribution in [0.1, 0.15) is 31.1 Å². The van der Waals surface area contributed by atoms with Crippen molar-refractivity contribution in [3.05, 3.63) is 46.7 Å². The van der Waals surface area contributed by atoms with E-state index in [-0.39, 0.29) is 0 Å². The first kappa shape index (κ1) is 14.9. The van der Waals surface area contributed by atoms with Crippen LogP contribution >= 0.6 is 11.6 Å².